The molecule has 0 bridgehead atoms. The fourth-order valence-electron chi connectivity index (χ4n) is 1.85. The van der Waals surface area contributed by atoms with Gasteiger partial charge in [-0.2, -0.15) is 0 Å². The second-order valence-electron chi connectivity index (χ2n) is 4.88. The van der Waals surface area contributed by atoms with Crippen molar-refractivity contribution in [1.29, 1.82) is 0 Å². The molecule has 1 atom stereocenters. The van der Waals surface area contributed by atoms with Gasteiger partial charge in [0.05, 0.1) is 24.5 Å². The molecule has 118 valence electrons. The fraction of sp³-hybridized carbons (Fsp3) is 0.267. The largest absolute Gasteiger partial charge is 0.468 e. The van der Waals surface area contributed by atoms with Gasteiger partial charge in [-0.3, -0.25) is 9.69 Å². The molecule has 0 aliphatic rings. The van der Waals surface area contributed by atoms with E-state index >= 15 is 0 Å². The Morgan fingerprint density at radius 1 is 1.27 bits per heavy atom. The first kappa shape index (κ1) is 16.1. The summed E-state index contributed by atoms with van der Waals surface area (Å²) in [5.41, 5.74) is -0.401. The van der Waals surface area contributed by atoms with Crippen molar-refractivity contribution >= 4 is 11.6 Å². The highest BCUT2D eigenvalue weighted by molar-refractivity contribution is 5.94. The lowest BCUT2D eigenvalue weighted by Crippen LogP contribution is -2.39. The Kier molecular flexibility index (Phi) is 4.87. The van der Waals surface area contributed by atoms with Crippen molar-refractivity contribution in [2.45, 2.75) is 19.5 Å². The standard InChI is InChI=1S/C15H15F3N2O2/c1-9(20(2)8-10-4-3-7-22-10)15(21)19-12-6-5-11(16)13(17)14(12)18/h3-7,9H,8H2,1-2H3,(H,19,21)/t9-/m0/s1. The van der Waals surface area contributed by atoms with E-state index in [1.165, 1.54) is 6.26 Å². The van der Waals surface area contributed by atoms with Crippen LogP contribution in [0.4, 0.5) is 18.9 Å². The average molecular weight is 312 g/mol. The highest BCUT2D eigenvalue weighted by Crippen LogP contribution is 2.20. The maximum atomic E-state index is 13.5. The summed E-state index contributed by atoms with van der Waals surface area (Å²) >= 11 is 0. The number of halogens is 3. The summed E-state index contributed by atoms with van der Waals surface area (Å²) in [5.74, 6) is -4.22. The van der Waals surface area contributed by atoms with Gasteiger partial charge in [0.25, 0.3) is 0 Å². The van der Waals surface area contributed by atoms with E-state index in [-0.39, 0.29) is 0 Å². The number of hydrogen-bond donors (Lipinski definition) is 1. The first-order valence-corrected chi connectivity index (χ1v) is 6.57. The molecule has 7 heteroatoms. The van der Waals surface area contributed by atoms with Crippen LogP contribution in [0.1, 0.15) is 12.7 Å². The first-order chi connectivity index (χ1) is 10.4. The van der Waals surface area contributed by atoms with Gasteiger partial charge in [-0.05, 0) is 38.2 Å². The van der Waals surface area contributed by atoms with Crippen molar-refractivity contribution in [3.05, 3.63) is 53.7 Å². The van der Waals surface area contributed by atoms with E-state index < -0.39 is 35.1 Å². The van der Waals surface area contributed by atoms with Crippen LogP contribution >= 0.6 is 0 Å². The van der Waals surface area contributed by atoms with Gasteiger partial charge in [0.1, 0.15) is 5.76 Å². The Morgan fingerprint density at radius 2 is 2.00 bits per heavy atom. The summed E-state index contributed by atoms with van der Waals surface area (Å²) in [5, 5.41) is 2.25. The summed E-state index contributed by atoms with van der Waals surface area (Å²) in [6, 6.07) is 4.59. The van der Waals surface area contributed by atoms with Crippen molar-refractivity contribution in [3.63, 3.8) is 0 Å². The van der Waals surface area contributed by atoms with Crippen molar-refractivity contribution in [2.24, 2.45) is 0 Å². The number of hydrogen-bond acceptors (Lipinski definition) is 3. The molecule has 4 nitrogen and oxygen atoms in total. The molecule has 2 aromatic rings. The zero-order chi connectivity index (χ0) is 16.3. The van der Waals surface area contributed by atoms with Gasteiger partial charge in [-0.25, -0.2) is 13.2 Å². The zero-order valence-electron chi connectivity index (χ0n) is 12.1. The minimum absolute atomic E-state index is 0.377. The summed E-state index contributed by atoms with van der Waals surface area (Å²) in [7, 11) is 1.69. The van der Waals surface area contributed by atoms with E-state index in [0.717, 1.165) is 12.1 Å². The van der Waals surface area contributed by atoms with Crippen LogP contribution in [0.2, 0.25) is 0 Å². The van der Waals surface area contributed by atoms with Gasteiger partial charge >= 0.3 is 0 Å². The number of carbonyl (C=O) groups excluding carboxylic acids is 1. The van der Waals surface area contributed by atoms with E-state index in [1.807, 2.05) is 0 Å². The number of nitrogens with one attached hydrogen (secondary N) is 1. The summed E-state index contributed by atoms with van der Waals surface area (Å²) in [6.07, 6.45) is 1.52. The molecule has 0 aliphatic carbocycles. The molecule has 0 aliphatic heterocycles. The molecule has 1 N–H and O–H groups in total. The number of amides is 1. The Morgan fingerprint density at radius 3 is 2.64 bits per heavy atom. The third-order valence-electron chi connectivity index (χ3n) is 3.32. The maximum absolute atomic E-state index is 13.5. The second kappa shape index (κ2) is 6.65. The first-order valence-electron chi connectivity index (χ1n) is 6.57. The van der Waals surface area contributed by atoms with Crippen LogP contribution in [0.25, 0.3) is 0 Å². The number of rotatable bonds is 5. The third kappa shape index (κ3) is 3.48. The molecular formula is C15H15F3N2O2. The van der Waals surface area contributed by atoms with Crippen LogP contribution < -0.4 is 5.32 Å². The molecule has 0 spiro atoms. The molecule has 22 heavy (non-hydrogen) atoms. The van der Waals surface area contributed by atoms with Gasteiger partial charge in [-0.1, -0.05) is 0 Å². The van der Waals surface area contributed by atoms with E-state index in [9.17, 15) is 18.0 Å². The monoisotopic (exact) mass is 312 g/mol. The fourth-order valence-corrected chi connectivity index (χ4v) is 1.85. The van der Waals surface area contributed by atoms with Gasteiger partial charge in [0.15, 0.2) is 17.5 Å². The van der Waals surface area contributed by atoms with E-state index in [4.69, 9.17) is 4.42 Å². The normalized spacial score (nSPS) is 12.5. The van der Waals surface area contributed by atoms with Crippen LogP contribution in [0, 0.1) is 17.5 Å². The Bertz CT molecular complexity index is 659. The zero-order valence-corrected chi connectivity index (χ0v) is 12.1. The lowest BCUT2D eigenvalue weighted by atomic mass is 10.2. The smallest absolute Gasteiger partial charge is 0.241 e. The molecule has 0 saturated heterocycles. The highest BCUT2D eigenvalue weighted by Gasteiger charge is 2.21. The molecule has 0 radical (unpaired) electrons. The van der Waals surface area contributed by atoms with Gasteiger partial charge in [0, 0.05) is 0 Å². The Hall–Kier alpha value is -2.28. The van der Waals surface area contributed by atoms with Crippen LogP contribution in [0.3, 0.4) is 0 Å². The van der Waals surface area contributed by atoms with Crippen LogP contribution in [-0.4, -0.2) is 23.9 Å². The van der Waals surface area contributed by atoms with Crippen molar-refractivity contribution in [2.75, 3.05) is 12.4 Å². The van der Waals surface area contributed by atoms with Crippen molar-refractivity contribution in [1.82, 2.24) is 4.90 Å². The van der Waals surface area contributed by atoms with E-state index in [2.05, 4.69) is 5.32 Å². The van der Waals surface area contributed by atoms with Crippen molar-refractivity contribution < 1.29 is 22.4 Å². The molecule has 1 heterocycles. The number of furan rings is 1. The molecule has 1 aromatic heterocycles. The van der Waals surface area contributed by atoms with Crippen LogP contribution in [0.5, 0.6) is 0 Å². The average Bonchev–Trinajstić information content (AvgIpc) is 2.99. The number of benzene rings is 1. The van der Waals surface area contributed by atoms with E-state index in [1.54, 1.807) is 31.0 Å². The van der Waals surface area contributed by atoms with Crippen LogP contribution in [-0.2, 0) is 11.3 Å². The summed E-state index contributed by atoms with van der Waals surface area (Å²) < 4.78 is 44.7. The predicted octanol–water partition coefficient (Wildman–Crippen LogP) is 3.16. The lowest BCUT2D eigenvalue weighted by molar-refractivity contribution is -0.120. The molecule has 1 aromatic carbocycles. The molecule has 1 amide bonds. The SMILES string of the molecule is C[C@@H](C(=O)Nc1ccc(F)c(F)c1F)N(C)Cc1ccco1. The Labute approximate surface area is 125 Å². The van der Waals surface area contributed by atoms with Gasteiger partial charge < -0.3 is 9.73 Å². The summed E-state index contributed by atoms with van der Waals surface area (Å²) in [6.45, 7) is 1.98. The number of likely N-dealkylation sites (N-methyl/N-ethyl adjacent to an activating group) is 1. The Balaban J connectivity index is 2.03. The third-order valence-corrected chi connectivity index (χ3v) is 3.32. The van der Waals surface area contributed by atoms with Gasteiger partial charge in [0.2, 0.25) is 5.91 Å². The number of anilines is 1. The quantitative estimate of drug-likeness (QED) is 0.863. The van der Waals surface area contributed by atoms with Crippen LogP contribution in [0.15, 0.2) is 34.9 Å². The maximum Gasteiger partial charge on any atom is 0.241 e. The number of carbonyl (C=O) groups is 1. The minimum atomic E-state index is -1.62. The summed E-state index contributed by atoms with van der Waals surface area (Å²) in [4.78, 5) is 13.7. The molecule has 0 fully saturated rings. The molecule has 0 unspecified atom stereocenters. The van der Waals surface area contributed by atoms with Crippen molar-refractivity contribution in [3.8, 4) is 0 Å². The number of nitrogens with zero attached hydrogens (tertiary/aromatic N) is 1. The lowest BCUT2D eigenvalue weighted by Gasteiger charge is -2.23. The molecule has 2 rings (SSSR count). The van der Waals surface area contributed by atoms with Gasteiger partial charge in [-0.15, -0.1) is 0 Å². The topological polar surface area (TPSA) is 45.5 Å². The van der Waals surface area contributed by atoms with E-state index in [0.29, 0.717) is 12.3 Å². The highest BCUT2D eigenvalue weighted by atomic mass is 19.2. The molecular weight excluding hydrogens is 297 g/mol. The minimum Gasteiger partial charge on any atom is -0.468 e. The second-order valence-corrected chi connectivity index (χ2v) is 4.88. The molecule has 0 saturated carbocycles. The predicted molar refractivity (Wildman–Crippen MR) is 74.6 cm³/mol.